The third kappa shape index (κ3) is 4.48. The Morgan fingerprint density at radius 3 is 2.70 bits per heavy atom. The Balaban J connectivity index is 1.67. The number of nitrogens with zero attached hydrogens (tertiary/aromatic N) is 1. The van der Waals surface area contributed by atoms with Crippen LogP contribution in [0.2, 0.25) is 0 Å². The minimum Gasteiger partial charge on any atom is -0.483 e. The number of hydrogen-bond acceptors (Lipinski definition) is 7. The van der Waals surface area contributed by atoms with Gasteiger partial charge >= 0.3 is 0 Å². The first-order chi connectivity index (χ1) is 14.3. The number of carbonyl (C=O) groups excluding carboxylic acids is 5. The summed E-state index contributed by atoms with van der Waals surface area (Å²) in [4.78, 5) is 61.6. The summed E-state index contributed by atoms with van der Waals surface area (Å²) in [6.07, 6.45) is 0.249. The number of rotatable bonds is 8. The molecule has 0 spiro atoms. The Hall–Kier alpha value is -3.27. The van der Waals surface area contributed by atoms with Crippen LogP contribution in [-0.2, 0) is 14.4 Å². The molecular formula is C20H23N3O7. The van der Waals surface area contributed by atoms with Crippen LogP contribution in [-0.4, -0.2) is 64.8 Å². The van der Waals surface area contributed by atoms with Gasteiger partial charge in [0, 0.05) is 13.0 Å². The van der Waals surface area contributed by atoms with E-state index in [9.17, 15) is 29.1 Å². The second-order valence-corrected chi connectivity index (χ2v) is 7.22. The van der Waals surface area contributed by atoms with E-state index in [0.717, 1.165) is 4.90 Å². The molecule has 1 aromatic carbocycles. The number of imide groups is 1. The van der Waals surface area contributed by atoms with Crippen LogP contribution in [0.15, 0.2) is 18.2 Å². The molecule has 2 aliphatic rings. The predicted molar refractivity (Wildman–Crippen MR) is 103 cm³/mol. The van der Waals surface area contributed by atoms with Crippen molar-refractivity contribution in [2.24, 2.45) is 0 Å². The van der Waals surface area contributed by atoms with Gasteiger partial charge < -0.3 is 25.3 Å². The minimum absolute atomic E-state index is 0.00537. The summed E-state index contributed by atoms with van der Waals surface area (Å²) in [7, 11) is 0. The maximum Gasteiger partial charge on any atom is 0.266 e. The summed E-state index contributed by atoms with van der Waals surface area (Å²) in [6, 6.07) is 3.44. The Morgan fingerprint density at radius 1 is 1.23 bits per heavy atom. The molecule has 10 nitrogen and oxygen atoms in total. The summed E-state index contributed by atoms with van der Waals surface area (Å²) in [5, 5.41) is 14.5. The van der Waals surface area contributed by atoms with E-state index < -0.39 is 35.9 Å². The first-order valence-corrected chi connectivity index (χ1v) is 9.68. The number of aliphatic hydroxyl groups is 1. The summed E-state index contributed by atoms with van der Waals surface area (Å²) in [6.45, 7) is 1.43. The molecule has 2 unspecified atom stereocenters. The van der Waals surface area contributed by atoms with E-state index >= 15 is 0 Å². The van der Waals surface area contributed by atoms with Crippen molar-refractivity contribution < 1.29 is 33.8 Å². The first kappa shape index (κ1) is 21.4. The lowest BCUT2D eigenvalue weighted by Crippen LogP contribution is -2.55. The van der Waals surface area contributed by atoms with Gasteiger partial charge in [0.05, 0.1) is 11.1 Å². The van der Waals surface area contributed by atoms with Crippen LogP contribution in [0.4, 0.5) is 0 Å². The maximum absolute atomic E-state index is 12.9. The highest BCUT2D eigenvalue weighted by molar-refractivity contribution is 6.24. The van der Waals surface area contributed by atoms with Gasteiger partial charge in [-0.15, -0.1) is 0 Å². The van der Waals surface area contributed by atoms with Crippen LogP contribution in [0.25, 0.3) is 0 Å². The van der Waals surface area contributed by atoms with Crippen molar-refractivity contribution in [1.29, 1.82) is 0 Å². The number of Topliss-reactive ketones (excluding diaryl/α,β-unsaturated/α-hetero) is 1. The van der Waals surface area contributed by atoms with Gasteiger partial charge in [-0.05, 0) is 38.3 Å². The average Bonchev–Trinajstić information content (AvgIpc) is 2.95. The number of piperidine rings is 1. The van der Waals surface area contributed by atoms with Crippen LogP contribution in [0, 0.1) is 0 Å². The van der Waals surface area contributed by atoms with Gasteiger partial charge in [-0.2, -0.15) is 0 Å². The zero-order valence-corrected chi connectivity index (χ0v) is 16.5. The molecule has 1 fully saturated rings. The van der Waals surface area contributed by atoms with Gasteiger partial charge in [-0.25, -0.2) is 0 Å². The maximum atomic E-state index is 12.9. The molecule has 160 valence electrons. The van der Waals surface area contributed by atoms with Gasteiger partial charge in [0.15, 0.2) is 6.61 Å². The number of fused-ring (bicyclic) bond motifs is 1. The molecule has 0 saturated carbocycles. The molecule has 1 saturated heterocycles. The van der Waals surface area contributed by atoms with E-state index in [1.165, 1.54) is 25.1 Å². The highest BCUT2D eigenvalue weighted by atomic mass is 16.5. The third-order valence-corrected chi connectivity index (χ3v) is 4.93. The minimum atomic E-state index is -1.02. The van der Waals surface area contributed by atoms with Crippen molar-refractivity contribution in [1.82, 2.24) is 15.5 Å². The topological polar surface area (TPSA) is 142 Å². The largest absolute Gasteiger partial charge is 0.483 e. The number of nitrogens with one attached hydrogen (secondary N) is 2. The number of amides is 4. The molecule has 3 rings (SSSR count). The lowest BCUT2D eigenvalue weighted by atomic mass is 10.0. The van der Waals surface area contributed by atoms with E-state index in [0.29, 0.717) is 19.4 Å². The Kier molecular flexibility index (Phi) is 6.46. The molecule has 0 bridgehead atoms. The number of benzene rings is 1. The summed E-state index contributed by atoms with van der Waals surface area (Å²) in [5.41, 5.74) is 0.101. The van der Waals surface area contributed by atoms with Gasteiger partial charge in [0.1, 0.15) is 23.8 Å². The van der Waals surface area contributed by atoms with E-state index in [1.807, 2.05) is 0 Å². The second-order valence-electron chi connectivity index (χ2n) is 7.22. The van der Waals surface area contributed by atoms with E-state index in [4.69, 9.17) is 4.74 Å². The van der Waals surface area contributed by atoms with Crippen molar-refractivity contribution >= 4 is 29.4 Å². The van der Waals surface area contributed by atoms with Crippen LogP contribution in [0.1, 0.15) is 53.3 Å². The Bertz CT molecular complexity index is 898. The van der Waals surface area contributed by atoms with E-state index in [1.54, 1.807) is 0 Å². The zero-order valence-electron chi connectivity index (χ0n) is 16.5. The lowest BCUT2D eigenvalue weighted by Gasteiger charge is -2.31. The average molecular weight is 417 g/mol. The van der Waals surface area contributed by atoms with Crippen molar-refractivity contribution in [3.05, 3.63) is 29.3 Å². The van der Waals surface area contributed by atoms with Crippen LogP contribution in [0.3, 0.4) is 0 Å². The quantitative estimate of drug-likeness (QED) is 0.391. The van der Waals surface area contributed by atoms with Crippen LogP contribution < -0.4 is 15.4 Å². The lowest BCUT2D eigenvalue weighted by molar-refractivity contribution is -0.131. The molecule has 3 N–H and O–H groups in total. The monoisotopic (exact) mass is 417 g/mol. The fourth-order valence-corrected chi connectivity index (χ4v) is 3.46. The van der Waals surface area contributed by atoms with Crippen molar-refractivity contribution in [3.63, 3.8) is 0 Å². The van der Waals surface area contributed by atoms with Crippen LogP contribution >= 0.6 is 0 Å². The Labute approximate surface area is 172 Å². The number of hydrogen-bond donors (Lipinski definition) is 3. The van der Waals surface area contributed by atoms with Gasteiger partial charge in [-0.1, -0.05) is 6.07 Å². The molecule has 30 heavy (non-hydrogen) atoms. The normalized spacial score (nSPS) is 20.6. The summed E-state index contributed by atoms with van der Waals surface area (Å²) < 4.78 is 5.47. The van der Waals surface area contributed by atoms with Crippen molar-refractivity contribution in [2.75, 3.05) is 13.2 Å². The number of ketones is 1. The summed E-state index contributed by atoms with van der Waals surface area (Å²) >= 11 is 0. The molecule has 0 aromatic heterocycles. The molecular weight excluding hydrogens is 394 g/mol. The highest BCUT2D eigenvalue weighted by Gasteiger charge is 2.45. The molecule has 0 radical (unpaired) electrons. The van der Waals surface area contributed by atoms with Gasteiger partial charge in [0.2, 0.25) is 5.91 Å². The number of ether oxygens (including phenoxy) is 1. The fraction of sp³-hybridized carbons (Fsp3) is 0.450. The van der Waals surface area contributed by atoms with Gasteiger partial charge in [0.25, 0.3) is 17.7 Å². The predicted octanol–water partition coefficient (Wildman–Crippen LogP) is -0.256. The van der Waals surface area contributed by atoms with E-state index in [2.05, 4.69) is 10.6 Å². The Morgan fingerprint density at radius 2 is 2.00 bits per heavy atom. The molecule has 10 heteroatoms. The van der Waals surface area contributed by atoms with Crippen LogP contribution in [0.5, 0.6) is 5.75 Å². The van der Waals surface area contributed by atoms with Gasteiger partial charge in [-0.3, -0.25) is 24.1 Å². The molecule has 2 heterocycles. The third-order valence-electron chi connectivity index (χ3n) is 4.93. The smallest absolute Gasteiger partial charge is 0.266 e. The number of aliphatic hydroxyl groups excluding tert-OH is 1. The van der Waals surface area contributed by atoms with E-state index in [-0.39, 0.29) is 42.1 Å². The highest BCUT2D eigenvalue weighted by Crippen LogP contribution is 2.33. The SMILES string of the molecule is CC(=O)CCCNC(=O)COc1cccc2c1C(=O)N(C1CCC(O)NC1=O)C2=O. The molecule has 2 aliphatic heterocycles. The van der Waals surface area contributed by atoms with Crippen molar-refractivity contribution in [3.8, 4) is 5.75 Å². The standard InChI is InChI=1S/C20H23N3O7/c1-11(24)4-3-9-21-16(26)10-30-14-6-2-5-12-17(14)20(29)23(19(12)28)13-7-8-15(25)22-18(13)27/h2,5-6,13,15,25H,3-4,7-10H2,1H3,(H,21,26)(H,22,27). The second kappa shape index (κ2) is 9.04. The molecule has 0 aliphatic carbocycles. The summed E-state index contributed by atoms with van der Waals surface area (Å²) in [5.74, 6) is -2.21. The molecule has 1 aromatic rings. The fourth-order valence-electron chi connectivity index (χ4n) is 3.46. The van der Waals surface area contributed by atoms with Crippen molar-refractivity contribution in [2.45, 2.75) is 44.9 Å². The zero-order chi connectivity index (χ0) is 21.8. The number of carbonyl (C=O) groups is 5. The molecule has 2 atom stereocenters. The first-order valence-electron chi connectivity index (χ1n) is 9.68. The molecule has 4 amide bonds.